The molecule has 11 heteroatoms. The summed E-state index contributed by atoms with van der Waals surface area (Å²) in [7, 11) is -1.18. The molecule has 0 saturated heterocycles. The molecule has 0 unspecified atom stereocenters. The SMILES string of the molecule is CC/C(=C\c1ccccc1)S(=O)(=O)Nc1nc(-c2ncccn2)nc(OC)c1Oc1ccccc1OC. The van der Waals surface area contributed by atoms with Crippen LogP contribution in [0.3, 0.4) is 0 Å². The Hall–Kier alpha value is -4.51. The number of benzene rings is 2. The van der Waals surface area contributed by atoms with Crippen LogP contribution in [0.1, 0.15) is 18.9 Å². The highest BCUT2D eigenvalue weighted by molar-refractivity contribution is 7.96. The summed E-state index contributed by atoms with van der Waals surface area (Å²) < 4.78 is 46.5. The maximum atomic E-state index is 13.5. The van der Waals surface area contributed by atoms with Crippen molar-refractivity contribution in [2.45, 2.75) is 13.3 Å². The number of nitrogens with zero attached hydrogens (tertiary/aromatic N) is 4. The van der Waals surface area contributed by atoms with Crippen LogP contribution in [-0.4, -0.2) is 42.6 Å². The van der Waals surface area contributed by atoms with Crippen LogP contribution in [0.15, 0.2) is 78.0 Å². The van der Waals surface area contributed by atoms with Crippen molar-refractivity contribution in [3.63, 3.8) is 0 Å². The van der Waals surface area contributed by atoms with Gasteiger partial charge in [0.25, 0.3) is 15.9 Å². The number of rotatable bonds is 10. The number of ether oxygens (including phenoxy) is 3. The molecule has 0 fully saturated rings. The van der Waals surface area contributed by atoms with Gasteiger partial charge in [0.2, 0.25) is 11.6 Å². The number of allylic oxidation sites excluding steroid dienone is 1. The van der Waals surface area contributed by atoms with Gasteiger partial charge in [-0.2, -0.15) is 4.98 Å². The van der Waals surface area contributed by atoms with Crippen LogP contribution in [0.4, 0.5) is 5.82 Å². The van der Waals surface area contributed by atoms with Crippen LogP contribution < -0.4 is 18.9 Å². The van der Waals surface area contributed by atoms with Crippen molar-refractivity contribution in [1.82, 2.24) is 19.9 Å². The molecule has 2 aromatic carbocycles. The fourth-order valence-corrected chi connectivity index (χ4v) is 4.55. The van der Waals surface area contributed by atoms with Crippen LogP contribution in [0, 0.1) is 0 Å². The molecule has 2 heterocycles. The summed E-state index contributed by atoms with van der Waals surface area (Å²) in [6.45, 7) is 1.75. The molecular weight excluding hydrogens is 494 g/mol. The summed E-state index contributed by atoms with van der Waals surface area (Å²) in [6.07, 6.45) is 4.89. The first-order chi connectivity index (χ1) is 17.9. The summed E-state index contributed by atoms with van der Waals surface area (Å²) in [5, 5.41) is 0. The maximum Gasteiger partial charge on any atom is 0.263 e. The number of aromatic nitrogens is 4. The highest BCUT2D eigenvalue weighted by Gasteiger charge is 2.26. The Morgan fingerprint density at radius 3 is 2.19 bits per heavy atom. The Morgan fingerprint density at radius 1 is 0.865 bits per heavy atom. The molecule has 190 valence electrons. The molecule has 37 heavy (non-hydrogen) atoms. The number of para-hydroxylation sites is 2. The molecule has 0 aliphatic rings. The Labute approximate surface area is 215 Å². The highest BCUT2D eigenvalue weighted by Crippen LogP contribution is 2.41. The van der Waals surface area contributed by atoms with Crippen molar-refractivity contribution in [2.24, 2.45) is 0 Å². The molecule has 0 aliphatic heterocycles. The summed E-state index contributed by atoms with van der Waals surface area (Å²) in [5.41, 5.74) is 0.744. The third-order valence-corrected chi connectivity index (χ3v) is 6.69. The fraction of sp³-hybridized carbons (Fsp3) is 0.154. The molecule has 0 radical (unpaired) electrons. The van der Waals surface area contributed by atoms with E-state index in [4.69, 9.17) is 14.2 Å². The van der Waals surface area contributed by atoms with E-state index in [9.17, 15) is 8.42 Å². The van der Waals surface area contributed by atoms with Gasteiger partial charge in [0.1, 0.15) is 0 Å². The largest absolute Gasteiger partial charge is 0.493 e. The van der Waals surface area contributed by atoms with Crippen molar-refractivity contribution in [3.05, 3.63) is 83.5 Å². The fourth-order valence-electron chi connectivity index (χ4n) is 3.35. The number of anilines is 1. The average molecular weight is 520 g/mol. The number of hydrogen-bond acceptors (Lipinski definition) is 9. The second-order valence-electron chi connectivity index (χ2n) is 7.54. The van der Waals surface area contributed by atoms with Gasteiger partial charge in [-0.05, 0) is 36.3 Å². The molecule has 4 rings (SSSR count). The van der Waals surface area contributed by atoms with Crippen LogP contribution in [0.2, 0.25) is 0 Å². The standard InChI is InChI=1S/C26H25N5O5S/c1-4-19(17-18-11-6-5-7-12-18)37(32,33)31-23-22(36-21-14-9-8-13-20(21)34-2)26(35-3)30-25(29-23)24-27-15-10-16-28-24/h5-17H,4H2,1-3H3,(H,29,30,31)/b19-17+. The molecule has 0 bridgehead atoms. The zero-order valence-electron chi connectivity index (χ0n) is 20.5. The minimum Gasteiger partial charge on any atom is -0.493 e. The first-order valence-corrected chi connectivity index (χ1v) is 12.8. The Morgan fingerprint density at radius 2 is 1.54 bits per heavy atom. The predicted molar refractivity (Wildman–Crippen MR) is 140 cm³/mol. The number of methoxy groups -OCH3 is 2. The Balaban J connectivity index is 1.85. The minimum atomic E-state index is -4.06. The molecule has 1 N–H and O–H groups in total. The van der Waals surface area contributed by atoms with E-state index in [2.05, 4.69) is 24.7 Å². The molecule has 0 saturated carbocycles. The average Bonchev–Trinajstić information content (AvgIpc) is 2.93. The molecule has 0 atom stereocenters. The highest BCUT2D eigenvalue weighted by atomic mass is 32.2. The van der Waals surface area contributed by atoms with E-state index < -0.39 is 10.0 Å². The van der Waals surface area contributed by atoms with E-state index in [0.717, 1.165) is 5.56 Å². The minimum absolute atomic E-state index is 0.0221. The second kappa shape index (κ2) is 11.5. The van der Waals surface area contributed by atoms with Gasteiger partial charge in [-0.3, -0.25) is 4.72 Å². The molecule has 10 nitrogen and oxygen atoms in total. The summed E-state index contributed by atoms with van der Waals surface area (Å²) in [5.74, 6) is 0.746. The van der Waals surface area contributed by atoms with E-state index in [1.54, 1.807) is 43.3 Å². The van der Waals surface area contributed by atoms with E-state index in [0.29, 0.717) is 11.5 Å². The van der Waals surface area contributed by atoms with E-state index in [-0.39, 0.29) is 40.4 Å². The summed E-state index contributed by atoms with van der Waals surface area (Å²) >= 11 is 0. The van der Waals surface area contributed by atoms with Gasteiger partial charge in [-0.15, -0.1) is 0 Å². The quantitative estimate of drug-likeness (QED) is 0.310. The van der Waals surface area contributed by atoms with E-state index >= 15 is 0 Å². The van der Waals surface area contributed by atoms with Gasteiger partial charge < -0.3 is 14.2 Å². The predicted octanol–water partition coefficient (Wildman–Crippen LogP) is 4.94. The van der Waals surface area contributed by atoms with Gasteiger partial charge in [0.05, 0.1) is 19.1 Å². The van der Waals surface area contributed by atoms with Gasteiger partial charge in [0, 0.05) is 12.4 Å². The molecule has 0 amide bonds. The van der Waals surface area contributed by atoms with Crippen LogP contribution in [0.5, 0.6) is 23.1 Å². The van der Waals surface area contributed by atoms with E-state index in [1.165, 1.54) is 26.6 Å². The van der Waals surface area contributed by atoms with Crippen LogP contribution in [0.25, 0.3) is 17.7 Å². The van der Waals surface area contributed by atoms with Crippen molar-refractivity contribution >= 4 is 21.9 Å². The van der Waals surface area contributed by atoms with Crippen molar-refractivity contribution < 1.29 is 22.6 Å². The van der Waals surface area contributed by atoms with Crippen molar-refractivity contribution in [3.8, 4) is 34.8 Å². The Bertz CT molecular complexity index is 1500. The smallest absolute Gasteiger partial charge is 0.263 e. The Kier molecular flexibility index (Phi) is 7.94. The number of sulfonamides is 1. The summed E-state index contributed by atoms with van der Waals surface area (Å²) in [6, 6.07) is 17.7. The van der Waals surface area contributed by atoms with Gasteiger partial charge in [-0.25, -0.2) is 23.4 Å². The van der Waals surface area contributed by atoms with Gasteiger partial charge in [-0.1, -0.05) is 49.4 Å². The van der Waals surface area contributed by atoms with Crippen LogP contribution in [-0.2, 0) is 10.0 Å². The molecular formula is C26H25N5O5S. The number of hydrogen-bond donors (Lipinski definition) is 1. The topological polar surface area (TPSA) is 125 Å². The molecule has 0 spiro atoms. The lowest BCUT2D eigenvalue weighted by Crippen LogP contribution is -2.17. The van der Waals surface area contributed by atoms with Crippen molar-refractivity contribution in [2.75, 3.05) is 18.9 Å². The first kappa shape index (κ1) is 25.6. The molecule has 2 aromatic heterocycles. The third-order valence-electron chi connectivity index (χ3n) is 5.13. The zero-order chi connectivity index (χ0) is 26.3. The number of nitrogens with one attached hydrogen (secondary N) is 1. The van der Waals surface area contributed by atoms with Gasteiger partial charge >= 0.3 is 0 Å². The van der Waals surface area contributed by atoms with Crippen molar-refractivity contribution in [1.29, 1.82) is 0 Å². The zero-order valence-corrected chi connectivity index (χ0v) is 21.3. The second-order valence-corrected chi connectivity index (χ2v) is 9.28. The normalized spacial score (nSPS) is 11.6. The monoisotopic (exact) mass is 519 g/mol. The third kappa shape index (κ3) is 6.01. The molecule has 0 aliphatic carbocycles. The first-order valence-electron chi connectivity index (χ1n) is 11.3. The maximum absolute atomic E-state index is 13.5. The lowest BCUT2D eigenvalue weighted by molar-refractivity contribution is 0.348. The molecule has 4 aromatic rings. The summed E-state index contributed by atoms with van der Waals surface area (Å²) in [4.78, 5) is 17.3. The van der Waals surface area contributed by atoms with Gasteiger partial charge in [0.15, 0.2) is 23.1 Å². The lowest BCUT2D eigenvalue weighted by atomic mass is 10.2. The van der Waals surface area contributed by atoms with E-state index in [1.807, 2.05) is 30.3 Å². The van der Waals surface area contributed by atoms with Crippen LogP contribution >= 0.6 is 0 Å². The lowest BCUT2D eigenvalue weighted by Gasteiger charge is -2.17.